The molecule has 0 aliphatic carbocycles. The lowest BCUT2D eigenvalue weighted by Gasteiger charge is -2.54. The van der Waals surface area contributed by atoms with Crippen LogP contribution in [0.1, 0.15) is 6.42 Å². The summed E-state index contributed by atoms with van der Waals surface area (Å²) in [5.74, 6) is -0.414. The molecular weight excluding hydrogens is 432 g/mol. The summed E-state index contributed by atoms with van der Waals surface area (Å²) in [6.07, 6.45) is 1.51. The van der Waals surface area contributed by atoms with E-state index in [0.29, 0.717) is 29.2 Å². The Labute approximate surface area is 175 Å². The van der Waals surface area contributed by atoms with Crippen molar-refractivity contribution in [2.75, 3.05) is 30.3 Å². The molecule has 1 amide bonds. The molecule has 2 bridgehead atoms. The number of piperidine rings is 1. The van der Waals surface area contributed by atoms with E-state index in [9.17, 15) is 18.3 Å². The molecule has 158 valence electrons. The Morgan fingerprint density at radius 2 is 2.07 bits per heavy atom. The molecule has 3 fully saturated rings. The van der Waals surface area contributed by atoms with Crippen molar-refractivity contribution in [2.24, 2.45) is 0 Å². The highest BCUT2D eigenvalue weighted by molar-refractivity contribution is 7.91. The Hall–Kier alpha value is -2.70. The van der Waals surface area contributed by atoms with Crippen LogP contribution in [0.5, 0.6) is 0 Å². The molecule has 0 radical (unpaired) electrons. The van der Waals surface area contributed by atoms with E-state index in [2.05, 4.69) is 9.97 Å². The Morgan fingerprint density at radius 3 is 2.70 bits per heavy atom. The second kappa shape index (κ2) is 6.93. The molecule has 10 nitrogen and oxygen atoms in total. The molecule has 3 aromatic rings. The number of benzene rings is 1. The molecule has 2 unspecified atom stereocenters. The highest BCUT2D eigenvalue weighted by Gasteiger charge is 2.48. The van der Waals surface area contributed by atoms with Gasteiger partial charge in [-0.2, -0.15) is 4.98 Å². The first-order chi connectivity index (χ1) is 14.4. The number of piperazine rings is 1. The van der Waals surface area contributed by atoms with E-state index >= 15 is 0 Å². The number of hydrogen-bond acceptors (Lipinski definition) is 9. The summed E-state index contributed by atoms with van der Waals surface area (Å²) in [5.41, 5.74) is 1.14. The molecular formula is C18H18N4O6S2. The number of fused-ring (bicyclic) bond motifs is 3. The molecule has 0 spiro atoms. The fourth-order valence-electron chi connectivity index (χ4n) is 4.19. The zero-order valence-corrected chi connectivity index (χ0v) is 17.3. The number of aliphatic hydroxyl groups excluding tert-OH is 1. The van der Waals surface area contributed by atoms with Gasteiger partial charge in [0, 0.05) is 24.7 Å². The molecule has 30 heavy (non-hydrogen) atoms. The summed E-state index contributed by atoms with van der Waals surface area (Å²) in [5, 5.41) is 21.0. The number of aliphatic hydroxyl groups is 1. The van der Waals surface area contributed by atoms with Gasteiger partial charge in [-0.25, -0.2) is 18.2 Å². The standard InChI is InChI=1S/C18H18N4O6S2/c23-4-6-30(26,27)13-2-1-12(16-19-3-5-29-16)15-14(13)20-17(28-15)21-8-10-7-11(9-21)22(10)18(24)25/h1-3,5,10-11,23H,4,6-9H2,(H,24,25). The Bertz CT molecular complexity index is 1210. The van der Waals surface area contributed by atoms with Gasteiger partial charge in [0.1, 0.15) is 10.5 Å². The van der Waals surface area contributed by atoms with Crippen LogP contribution in [-0.4, -0.2) is 77.1 Å². The predicted octanol–water partition coefficient (Wildman–Crippen LogP) is 1.66. The SMILES string of the molecule is O=C(O)N1C2CC1CN(c1nc3c(S(=O)(=O)CCO)ccc(-c4nccs4)c3o1)C2. The van der Waals surface area contributed by atoms with Crippen molar-refractivity contribution in [1.82, 2.24) is 14.9 Å². The number of rotatable bonds is 5. The largest absolute Gasteiger partial charge is 0.465 e. The fourth-order valence-corrected chi connectivity index (χ4v) is 6.02. The average Bonchev–Trinajstić information content (AvgIpc) is 3.36. The molecule has 3 aliphatic heterocycles. The first-order valence-corrected chi connectivity index (χ1v) is 11.9. The minimum absolute atomic E-state index is 0.00353. The summed E-state index contributed by atoms with van der Waals surface area (Å²) < 4.78 is 31.4. The highest BCUT2D eigenvalue weighted by Crippen LogP contribution is 2.39. The lowest BCUT2D eigenvalue weighted by molar-refractivity contribution is 0.0101. The van der Waals surface area contributed by atoms with E-state index in [4.69, 9.17) is 9.52 Å². The van der Waals surface area contributed by atoms with E-state index in [0.717, 1.165) is 6.42 Å². The van der Waals surface area contributed by atoms with Crippen LogP contribution < -0.4 is 4.90 Å². The van der Waals surface area contributed by atoms with E-state index in [1.807, 2.05) is 10.3 Å². The minimum Gasteiger partial charge on any atom is -0.465 e. The summed E-state index contributed by atoms with van der Waals surface area (Å²) in [4.78, 5) is 23.4. The van der Waals surface area contributed by atoms with Crippen LogP contribution in [0.4, 0.5) is 10.8 Å². The van der Waals surface area contributed by atoms with Gasteiger partial charge in [0.25, 0.3) is 6.01 Å². The van der Waals surface area contributed by atoms with Crippen molar-refractivity contribution < 1.29 is 27.8 Å². The number of thiazole rings is 1. The molecule has 2 aromatic heterocycles. The molecule has 6 rings (SSSR count). The number of hydrogen-bond donors (Lipinski definition) is 2. The molecule has 2 atom stereocenters. The van der Waals surface area contributed by atoms with Gasteiger partial charge in [0.05, 0.1) is 34.9 Å². The highest BCUT2D eigenvalue weighted by atomic mass is 32.2. The number of amides is 1. The topological polar surface area (TPSA) is 137 Å². The Kier molecular flexibility index (Phi) is 4.45. The van der Waals surface area contributed by atoms with Crippen LogP contribution >= 0.6 is 11.3 Å². The van der Waals surface area contributed by atoms with Gasteiger partial charge < -0.3 is 19.5 Å². The first kappa shape index (κ1) is 19.3. The van der Waals surface area contributed by atoms with Crippen LogP contribution in [0, 0.1) is 0 Å². The molecule has 3 aliphatic rings. The van der Waals surface area contributed by atoms with Crippen LogP contribution in [-0.2, 0) is 9.84 Å². The Balaban J connectivity index is 1.60. The van der Waals surface area contributed by atoms with Crippen molar-refractivity contribution in [3.05, 3.63) is 23.7 Å². The minimum atomic E-state index is -3.76. The average molecular weight is 450 g/mol. The number of oxazole rings is 1. The third-order valence-corrected chi connectivity index (χ3v) is 8.06. The van der Waals surface area contributed by atoms with Crippen molar-refractivity contribution in [1.29, 1.82) is 0 Å². The maximum absolute atomic E-state index is 12.7. The monoisotopic (exact) mass is 450 g/mol. The van der Waals surface area contributed by atoms with Gasteiger partial charge in [-0.05, 0) is 18.6 Å². The normalized spacial score (nSPS) is 21.1. The van der Waals surface area contributed by atoms with Crippen molar-refractivity contribution in [3.63, 3.8) is 0 Å². The second-order valence-corrected chi connectivity index (χ2v) is 10.3. The summed E-state index contributed by atoms with van der Waals surface area (Å²) in [6, 6.07) is 3.10. The second-order valence-electron chi connectivity index (χ2n) is 7.30. The number of anilines is 1. The van der Waals surface area contributed by atoms with E-state index in [-0.39, 0.29) is 28.5 Å². The van der Waals surface area contributed by atoms with Gasteiger partial charge in [-0.1, -0.05) is 0 Å². The number of nitrogens with zero attached hydrogens (tertiary/aromatic N) is 4. The van der Waals surface area contributed by atoms with E-state index in [1.54, 1.807) is 12.3 Å². The number of sulfone groups is 1. The zero-order valence-electron chi connectivity index (χ0n) is 15.6. The summed E-state index contributed by atoms with van der Waals surface area (Å²) in [6.45, 7) is 0.366. The molecule has 2 N–H and O–H groups in total. The summed E-state index contributed by atoms with van der Waals surface area (Å²) >= 11 is 1.40. The maximum atomic E-state index is 12.7. The first-order valence-electron chi connectivity index (χ1n) is 9.32. The van der Waals surface area contributed by atoms with Crippen molar-refractivity contribution in [2.45, 2.75) is 23.4 Å². The maximum Gasteiger partial charge on any atom is 0.407 e. The van der Waals surface area contributed by atoms with Gasteiger partial charge in [0.15, 0.2) is 15.4 Å². The number of carboxylic acid groups (broad SMARTS) is 1. The van der Waals surface area contributed by atoms with Crippen molar-refractivity contribution >= 4 is 44.4 Å². The van der Waals surface area contributed by atoms with E-state index < -0.39 is 28.3 Å². The number of aromatic nitrogens is 2. The molecule has 0 saturated carbocycles. The van der Waals surface area contributed by atoms with Gasteiger partial charge in [-0.3, -0.25) is 4.90 Å². The molecule has 1 aromatic carbocycles. The molecule has 12 heteroatoms. The predicted molar refractivity (Wildman–Crippen MR) is 109 cm³/mol. The summed E-state index contributed by atoms with van der Waals surface area (Å²) in [7, 11) is -3.76. The lowest BCUT2D eigenvalue weighted by Crippen LogP contribution is -2.70. The quantitative estimate of drug-likeness (QED) is 0.594. The van der Waals surface area contributed by atoms with Crippen LogP contribution in [0.2, 0.25) is 0 Å². The lowest BCUT2D eigenvalue weighted by atomic mass is 9.88. The third-order valence-electron chi connectivity index (χ3n) is 5.54. The zero-order chi connectivity index (χ0) is 21.0. The smallest absolute Gasteiger partial charge is 0.407 e. The van der Waals surface area contributed by atoms with E-state index in [1.165, 1.54) is 22.3 Å². The van der Waals surface area contributed by atoms with Gasteiger partial charge in [-0.15, -0.1) is 11.3 Å². The molecule has 3 saturated heterocycles. The molecule has 5 heterocycles. The van der Waals surface area contributed by atoms with Crippen LogP contribution in [0.3, 0.4) is 0 Å². The van der Waals surface area contributed by atoms with Crippen molar-refractivity contribution in [3.8, 4) is 10.6 Å². The van der Waals surface area contributed by atoms with Gasteiger partial charge >= 0.3 is 6.09 Å². The Morgan fingerprint density at radius 1 is 1.30 bits per heavy atom. The van der Waals surface area contributed by atoms with Crippen LogP contribution in [0.25, 0.3) is 21.7 Å². The number of carbonyl (C=O) groups is 1. The van der Waals surface area contributed by atoms with Crippen LogP contribution in [0.15, 0.2) is 33.0 Å². The fraction of sp³-hybridized carbons (Fsp3) is 0.389. The van der Waals surface area contributed by atoms with Gasteiger partial charge in [0.2, 0.25) is 0 Å². The third kappa shape index (κ3) is 2.94.